The maximum absolute atomic E-state index is 11.8. The standard InChI is InChI=1S/C16H15N3O3S/c1-21-12-5-2-4-11(10-12)16-19-18-14(22-16)7-8-17-15(20)13-6-3-9-23-13/h2-6,9-10H,7-8H2,1H3,(H,17,20). The van der Waals surface area contributed by atoms with Gasteiger partial charge in [0, 0.05) is 18.5 Å². The number of carbonyl (C=O) groups excluding carboxylic acids is 1. The second kappa shape index (κ2) is 7.06. The molecule has 118 valence electrons. The molecule has 0 saturated heterocycles. The molecule has 0 aliphatic heterocycles. The number of ether oxygens (including phenoxy) is 1. The summed E-state index contributed by atoms with van der Waals surface area (Å²) in [6.45, 7) is 0.441. The van der Waals surface area contributed by atoms with Crippen LogP contribution in [0.15, 0.2) is 46.2 Å². The van der Waals surface area contributed by atoms with E-state index in [-0.39, 0.29) is 5.91 Å². The lowest BCUT2D eigenvalue weighted by atomic mass is 10.2. The molecule has 6 nitrogen and oxygen atoms in total. The van der Waals surface area contributed by atoms with Crippen LogP contribution in [-0.4, -0.2) is 29.8 Å². The quantitative estimate of drug-likeness (QED) is 0.752. The summed E-state index contributed by atoms with van der Waals surface area (Å²) in [4.78, 5) is 12.5. The van der Waals surface area contributed by atoms with Gasteiger partial charge >= 0.3 is 0 Å². The summed E-state index contributed by atoms with van der Waals surface area (Å²) in [6.07, 6.45) is 0.480. The molecular formula is C16H15N3O3S. The minimum Gasteiger partial charge on any atom is -0.497 e. The van der Waals surface area contributed by atoms with Gasteiger partial charge in [0.2, 0.25) is 11.8 Å². The molecule has 0 bridgehead atoms. The highest BCUT2D eigenvalue weighted by Gasteiger charge is 2.10. The predicted molar refractivity (Wildman–Crippen MR) is 86.6 cm³/mol. The molecule has 0 aliphatic rings. The second-order valence-electron chi connectivity index (χ2n) is 4.72. The summed E-state index contributed by atoms with van der Waals surface area (Å²) in [5.74, 6) is 1.55. The number of benzene rings is 1. The summed E-state index contributed by atoms with van der Waals surface area (Å²) in [5.41, 5.74) is 0.797. The van der Waals surface area contributed by atoms with Gasteiger partial charge in [-0.3, -0.25) is 4.79 Å². The van der Waals surface area contributed by atoms with Crippen LogP contribution in [0.25, 0.3) is 11.5 Å². The van der Waals surface area contributed by atoms with E-state index >= 15 is 0 Å². The van der Waals surface area contributed by atoms with Crippen molar-refractivity contribution in [3.05, 3.63) is 52.5 Å². The first-order valence-electron chi connectivity index (χ1n) is 7.05. The van der Waals surface area contributed by atoms with E-state index in [1.54, 1.807) is 13.2 Å². The SMILES string of the molecule is COc1cccc(-c2nnc(CCNC(=O)c3cccs3)o2)c1. The summed E-state index contributed by atoms with van der Waals surface area (Å²) in [5, 5.41) is 12.7. The van der Waals surface area contributed by atoms with Crippen LogP contribution >= 0.6 is 11.3 Å². The number of aromatic nitrogens is 2. The molecule has 23 heavy (non-hydrogen) atoms. The fourth-order valence-electron chi connectivity index (χ4n) is 2.01. The first-order chi connectivity index (χ1) is 11.3. The van der Waals surface area contributed by atoms with Crippen molar-refractivity contribution in [3.63, 3.8) is 0 Å². The maximum Gasteiger partial charge on any atom is 0.261 e. The van der Waals surface area contributed by atoms with E-state index in [0.29, 0.717) is 29.6 Å². The van der Waals surface area contributed by atoms with Crippen LogP contribution in [0.1, 0.15) is 15.6 Å². The molecule has 1 N–H and O–H groups in total. The number of nitrogens with one attached hydrogen (secondary N) is 1. The van der Waals surface area contributed by atoms with Crippen molar-refractivity contribution < 1.29 is 13.9 Å². The molecule has 0 aliphatic carbocycles. The van der Waals surface area contributed by atoms with Crippen LogP contribution in [0, 0.1) is 0 Å². The number of thiophene rings is 1. The van der Waals surface area contributed by atoms with Crippen molar-refractivity contribution >= 4 is 17.2 Å². The molecule has 2 heterocycles. The highest BCUT2D eigenvalue weighted by atomic mass is 32.1. The summed E-state index contributed by atoms with van der Waals surface area (Å²) >= 11 is 1.41. The molecule has 3 aromatic rings. The van der Waals surface area contributed by atoms with Gasteiger partial charge in [0.25, 0.3) is 5.91 Å². The third-order valence-corrected chi connectivity index (χ3v) is 4.02. The Kier molecular flexibility index (Phi) is 4.68. The van der Waals surface area contributed by atoms with E-state index in [1.807, 2.05) is 35.7 Å². The average Bonchev–Trinajstić information content (AvgIpc) is 3.26. The Morgan fingerprint density at radius 2 is 2.22 bits per heavy atom. The molecule has 3 rings (SSSR count). The fraction of sp³-hybridized carbons (Fsp3) is 0.188. The van der Waals surface area contributed by atoms with Crippen molar-refractivity contribution in [2.45, 2.75) is 6.42 Å². The van der Waals surface area contributed by atoms with E-state index in [9.17, 15) is 4.79 Å². The summed E-state index contributed by atoms with van der Waals surface area (Å²) in [7, 11) is 1.61. The van der Waals surface area contributed by atoms with Crippen molar-refractivity contribution in [2.24, 2.45) is 0 Å². The van der Waals surface area contributed by atoms with Gasteiger partial charge in [0.1, 0.15) is 5.75 Å². The van der Waals surface area contributed by atoms with E-state index < -0.39 is 0 Å². The van der Waals surface area contributed by atoms with Crippen molar-refractivity contribution in [1.82, 2.24) is 15.5 Å². The smallest absolute Gasteiger partial charge is 0.261 e. The number of nitrogens with zero attached hydrogens (tertiary/aromatic N) is 2. The van der Waals surface area contributed by atoms with Gasteiger partial charge in [0.05, 0.1) is 12.0 Å². The molecule has 0 spiro atoms. The highest BCUT2D eigenvalue weighted by Crippen LogP contribution is 2.22. The second-order valence-corrected chi connectivity index (χ2v) is 5.66. The molecule has 0 radical (unpaired) electrons. The lowest BCUT2D eigenvalue weighted by molar-refractivity contribution is 0.0957. The zero-order chi connectivity index (χ0) is 16.1. The van der Waals surface area contributed by atoms with Gasteiger partial charge in [-0.2, -0.15) is 0 Å². The van der Waals surface area contributed by atoms with E-state index in [1.165, 1.54) is 11.3 Å². The van der Waals surface area contributed by atoms with Gasteiger partial charge in [-0.25, -0.2) is 0 Å². The Morgan fingerprint density at radius 1 is 1.30 bits per heavy atom. The number of hydrogen-bond acceptors (Lipinski definition) is 6. The van der Waals surface area contributed by atoms with Gasteiger partial charge in [-0.05, 0) is 29.6 Å². The lowest BCUT2D eigenvalue weighted by Gasteiger charge is -2.01. The lowest BCUT2D eigenvalue weighted by Crippen LogP contribution is -2.24. The molecular weight excluding hydrogens is 314 g/mol. The van der Waals surface area contributed by atoms with Crippen LogP contribution in [0.2, 0.25) is 0 Å². The Balaban J connectivity index is 1.58. The zero-order valence-electron chi connectivity index (χ0n) is 12.5. The van der Waals surface area contributed by atoms with Gasteiger partial charge in [-0.1, -0.05) is 12.1 Å². The number of methoxy groups -OCH3 is 1. The molecule has 7 heteroatoms. The highest BCUT2D eigenvalue weighted by molar-refractivity contribution is 7.12. The van der Waals surface area contributed by atoms with Crippen molar-refractivity contribution in [1.29, 1.82) is 0 Å². The number of amides is 1. The predicted octanol–water partition coefficient (Wildman–Crippen LogP) is 2.78. The number of hydrogen-bond donors (Lipinski definition) is 1. The molecule has 1 amide bonds. The van der Waals surface area contributed by atoms with E-state index in [2.05, 4.69) is 15.5 Å². The Morgan fingerprint density at radius 3 is 3.00 bits per heavy atom. The Hall–Kier alpha value is -2.67. The molecule has 2 aromatic heterocycles. The molecule has 0 unspecified atom stereocenters. The summed E-state index contributed by atoms with van der Waals surface area (Å²) < 4.78 is 10.8. The van der Waals surface area contributed by atoms with E-state index in [4.69, 9.17) is 9.15 Å². The minimum absolute atomic E-state index is 0.0902. The Labute approximate surface area is 137 Å². The number of carbonyl (C=O) groups is 1. The van der Waals surface area contributed by atoms with Crippen LogP contribution in [0.5, 0.6) is 5.75 Å². The average molecular weight is 329 g/mol. The van der Waals surface area contributed by atoms with Gasteiger partial charge in [0.15, 0.2) is 0 Å². The topological polar surface area (TPSA) is 77.3 Å². The monoisotopic (exact) mass is 329 g/mol. The van der Waals surface area contributed by atoms with Crippen molar-refractivity contribution in [2.75, 3.05) is 13.7 Å². The summed E-state index contributed by atoms with van der Waals surface area (Å²) in [6, 6.07) is 11.0. The molecule has 0 fully saturated rings. The van der Waals surface area contributed by atoms with Gasteiger partial charge in [-0.15, -0.1) is 21.5 Å². The van der Waals surface area contributed by atoms with Crippen LogP contribution in [0.3, 0.4) is 0 Å². The molecule has 0 atom stereocenters. The third-order valence-electron chi connectivity index (χ3n) is 3.15. The first-order valence-corrected chi connectivity index (χ1v) is 7.93. The zero-order valence-corrected chi connectivity index (χ0v) is 13.3. The molecule has 1 aromatic carbocycles. The van der Waals surface area contributed by atoms with E-state index in [0.717, 1.165) is 11.3 Å². The molecule has 0 saturated carbocycles. The van der Waals surface area contributed by atoms with Crippen LogP contribution < -0.4 is 10.1 Å². The van der Waals surface area contributed by atoms with Crippen LogP contribution in [0.4, 0.5) is 0 Å². The fourth-order valence-corrected chi connectivity index (χ4v) is 2.65. The maximum atomic E-state index is 11.8. The first kappa shape index (κ1) is 15.2. The number of rotatable bonds is 6. The normalized spacial score (nSPS) is 10.5. The van der Waals surface area contributed by atoms with Gasteiger partial charge < -0.3 is 14.5 Å². The van der Waals surface area contributed by atoms with Crippen molar-refractivity contribution in [3.8, 4) is 17.2 Å². The largest absolute Gasteiger partial charge is 0.497 e. The van der Waals surface area contributed by atoms with Crippen LogP contribution in [-0.2, 0) is 6.42 Å². The third kappa shape index (κ3) is 3.75. The Bertz CT molecular complexity index is 783. The minimum atomic E-state index is -0.0902.